The summed E-state index contributed by atoms with van der Waals surface area (Å²) >= 11 is 0. The van der Waals surface area contributed by atoms with Gasteiger partial charge in [-0.3, -0.25) is 0 Å². The van der Waals surface area contributed by atoms with E-state index in [1.165, 1.54) is 11.1 Å². The maximum Gasteiger partial charge on any atom is 0.485 e. The molecule has 1 aliphatic rings. The molecule has 0 aromatic heterocycles. The Labute approximate surface area is 224 Å². The minimum Gasteiger partial charge on any atom is -0.741 e. The number of ketones is 1. The first-order valence-corrected chi connectivity index (χ1v) is 10.7. The molecule has 1 unspecified atom stereocenters. The molecule has 1 radical (unpaired) electrons. The number of benzene rings is 1. The van der Waals surface area contributed by atoms with E-state index in [2.05, 4.69) is 42.8 Å². The van der Waals surface area contributed by atoms with Crippen molar-refractivity contribution in [3.8, 4) is 0 Å². The van der Waals surface area contributed by atoms with Crippen molar-refractivity contribution in [2.24, 2.45) is 0 Å². The normalized spacial score (nSPS) is 13.6. The van der Waals surface area contributed by atoms with Crippen LogP contribution in [-0.4, -0.2) is 42.7 Å². The maximum absolute atomic E-state index is 11.0. The van der Waals surface area contributed by atoms with Gasteiger partial charge in [0, 0.05) is 38.5 Å². The number of carbonyl (C=O) groups excluding carboxylic acids is 1. The van der Waals surface area contributed by atoms with Crippen molar-refractivity contribution >= 4 is 26.0 Å². The molecule has 1 aromatic carbocycles. The summed E-state index contributed by atoms with van der Waals surface area (Å²) in [6, 6.07) is 8.39. The van der Waals surface area contributed by atoms with Crippen LogP contribution in [0.4, 0.5) is 26.3 Å². The predicted octanol–water partition coefficient (Wildman–Crippen LogP) is 4.17. The zero-order valence-corrected chi connectivity index (χ0v) is 23.5. The van der Waals surface area contributed by atoms with Crippen LogP contribution in [0.1, 0.15) is 36.8 Å². The van der Waals surface area contributed by atoms with Gasteiger partial charge in [-0.05, 0) is 24.5 Å². The molecular formula is C16H30F6N5O7OsS2-2. The van der Waals surface area contributed by atoms with Crippen LogP contribution >= 0.6 is 0 Å². The third-order valence-corrected chi connectivity index (χ3v) is 4.52. The molecule has 2 rings (SSSR count). The van der Waals surface area contributed by atoms with Crippen molar-refractivity contribution in [3.05, 3.63) is 54.0 Å². The fourth-order valence-electron chi connectivity index (χ4n) is 2.01. The number of hydrogen-bond donors (Lipinski definition) is 5. The van der Waals surface area contributed by atoms with Gasteiger partial charge in [-0.15, -0.1) is 0 Å². The van der Waals surface area contributed by atoms with Gasteiger partial charge in [0.15, 0.2) is 20.2 Å². The Morgan fingerprint density at radius 1 is 0.838 bits per heavy atom. The van der Waals surface area contributed by atoms with Gasteiger partial charge in [0.05, 0.1) is 0 Å². The average Bonchev–Trinajstić information content (AvgIpc) is 2.57. The van der Waals surface area contributed by atoms with Gasteiger partial charge in [-0.25, -0.2) is 16.8 Å². The first kappa shape index (κ1) is 52.0. The van der Waals surface area contributed by atoms with Gasteiger partial charge in [0.25, 0.3) is 0 Å². The van der Waals surface area contributed by atoms with Crippen LogP contribution < -0.4 is 30.8 Å². The summed E-state index contributed by atoms with van der Waals surface area (Å²) in [5.74, 6) is 0.686. The average molecular weight is 773 g/mol. The van der Waals surface area contributed by atoms with E-state index in [-0.39, 0.29) is 56.3 Å². The standard InChI is InChI=1S/C14H15O.2CHF3O3S.5H3N.Os/c1-11(15)9-10-13-7-4-6-12-5-2-3-8-14(12)13;2*2-1(3,4)8(5,6)7;;;;;;/h2-8,13H,9-10H2,1H3;2*(H,5,6,7);5*1H3;/p-2. The molecule has 21 heteroatoms. The number of halogens is 6. The topological polar surface area (TPSA) is 306 Å². The molecule has 1 aromatic rings. The second kappa shape index (κ2) is 20.4. The summed E-state index contributed by atoms with van der Waals surface area (Å²) < 4.78 is 118. The van der Waals surface area contributed by atoms with E-state index in [1.54, 1.807) is 6.92 Å². The monoisotopic (exact) mass is 774 g/mol. The molecule has 0 aliphatic heterocycles. The molecule has 37 heavy (non-hydrogen) atoms. The molecule has 12 nitrogen and oxygen atoms in total. The van der Waals surface area contributed by atoms with Crippen LogP contribution in [-0.2, 0) is 44.8 Å². The van der Waals surface area contributed by atoms with Crippen molar-refractivity contribution in [2.75, 3.05) is 0 Å². The summed E-state index contributed by atoms with van der Waals surface area (Å²) in [5, 5.41) is 0. The molecule has 15 N–H and O–H groups in total. The van der Waals surface area contributed by atoms with Gasteiger partial charge in [0.2, 0.25) is 0 Å². The Balaban J connectivity index is -0.0000000726. The first-order valence-electron chi connectivity index (χ1n) is 7.91. The summed E-state index contributed by atoms with van der Waals surface area (Å²) in [6.45, 7) is 1.66. The largest absolute Gasteiger partial charge is 0.741 e. The van der Waals surface area contributed by atoms with Crippen LogP contribution in [0, 0.1) is 6.42 Å². The number of allylic oxidation sites excluding steroid dienone is 2. The number of fused-ring (bicyclic) bond motifs is 1. The molecule has 1 atom stereocenters. The van der Waals surface area contributed by atoms with Gasteiger partial charge < -0.3 is 44.7 Å². The number of rotatable bonds is 3. The molecular weight excluding hydrogens is 743 g/mol. The van der Waals surface area contributed by atoms with E-state index in [4.69, 9.17) is 25.9 Å². The van der Waals surface area contributed by atoms with E-state index in [0.717, 1.165) is 6.42 Å². The molecule has 0 fully saturated rings. The molecule has 1 aliphatic carbocycles. The van der Waals surface area contributed by atoms with Crippen molar-refractivity contribution in [1.82, 2.24) is 30.8 Å². The van der Waals surface area contributed by atoms with Crippen LogP contribution in [0.3, 0.4) is 0 Å². The smallest absolute Gasteiger partial charge is 0.485 e. The molecule has 0 bridgehead atoms. The Bertz CT molecular complexity index is 966. The van der Waals surface area contributed by atoms with E-state index in [9.17, 15) is 31.1 Å². The molecule has 0 amide bonds. The second-order valence-corrected chi connectivity index (χ2v) is 8.57. The van der Waals surface area contributed by atoms with Crippen LogP contribution in [0.25, 0.3) is 0 Å². The predicted molar refractivity (Wildman–Crippen MR) is 118 cm³/mol. The van der Waals surface area contributed by atoms with Gasteiger partial charge in [0.1, 0.15) is 5.78 Å². The number of hydrogen-bond acceptors (Lipinski definition) is 12. The van der Waals surface area contributed by atoms with E-state index in [1.807, 2.05) is 0 Å². The Morgan fingerprint density at radius 2 is 1.19 bits per heavy atom. The first-order chi connectivity index (χ1) is 13.8. The molecule has 0 spiro atoms. The van der Waals surface area contributed by atoms with Crippen LogP contribution in [0.15, 0.2) is 36.4 Å². The van der Waals surface area contributed by atoms with Gasteiger partial charge in [-0.1, -0.05) is 36.4 Å². The molecule has 0 heterocycles. The number of Topliss-reactive ketones (excluding diaryl/α,β-unsaturated/α-hetero) is 1. The van der Waals surface area contributed by atoms with Crippen molar-refractivity contribution in [3.63, 3.8) is 0 Å². The minimum atomic E-state index is -6.09. The molecule has 225 valence electrons. The van der Waals surface area contributed by atoms with E-state index < -0.39 is 31.3 Å². The summed E-state index contributed by atoms with van der Waals surface area (Å²) in [7, 11) is -12.2. The summed E-state index contributed by atoms with van der Waals surface area (Å²) in [5.41, 5.74) is -8.66. The van der Waals surface area contributed by atoms with Crippen molar-refractivity contribution in [1.29, 1.82) is 0 Å². The van der Waals surface area contributed by atoms with Crippen LogP contribution in [0.2, 0.25) is 0 Å². The Hall–Kier alpha value is -1.53. The third-order valence-electron chi connectivity index (χ3n) is 3.39. The molecule has 0 saturated heterocycles. The maximum atomic E-state index is 11.0. The number of alkyl halides is 6. The fraction of sp³-hybridized carbons (Fsp3) is 0.375. The zero-order chi connectivity index (χ0) is 24.7. The summed E-state index contributed by atoms with van der Waals surface area (Å²) in [6.07, 6.45) is 8.00. The Morgan fingerprint density at radius 3 is 1.51 bits per heavy atom. The van der Waals surface area contributed by atoms with Crippen molar-refractivity contribution in [2.45, 2.75) is 36.7 Å². The van der Waals surface area contributed by atoms with Gasteiger partial charge >= 0.3 is 11.0 Å². The quantitative estimate of drug-likeness (QED) is 0.164. The SMILES string of the molecule is CC(=O)CCC1C=C[CH]c2ccccc21.N.N.N.N.N.O=S(=O)([O-])C(F)(F)F.O=S(=O)([O-])C(F)(F)F.[Os]. The van der Waals surface area contributed by atoms with Crippen LogP contribution in [0.5, 0.6) is 0 Å². The Kier molecular flexibility index (Phi) is 28.7. The zero-order valence-electron chi connectivity index (χ0n) is 19.4. The number of carbonyl (C=O) groups is 1. The minimum absolute atomic E-state index is 0. The van der Waals surface area contributed by atoms with Gasteiger partial charge in [-0.2, -0.15) is 26.3 Å². The fourth-order valence-corrected chi connectivity index (χ4v) is 2.01. The third kappa shape index (κ3) is 20.1. The summed E-state index contributed by atoms with van der Waals surface area (Å²) in [4.78, 5) is 11.0. The van der Waals surface area contributed by atoms with E-state index >= 15 is 0 Å². The van der Waals surface area contributed by atoms with Crippen molar-refractivity contribution < 1.29 is 76.9 Å². The molecule has 0 saturated carbocycles. The van der Waals surface area contributed by atoms with E-state index in [0.29, 0.717) is 12.3 Å². The second-order valence-electron chi connectivity index (χ2n) is 5.83.